The van der Waals surface area contributed by atoms with Gasteiger partial charge in [-0.1, -0.05) is 140 Å². The molecule has 7 aromatic carbocycles. The highest BCUT2D eigenvalue weighted by Crippen LogP contribution is 2.43. The Kier molecular flexibility index (Phi) is 7.10. The van der Waals surface area contributed by atoms with Crippen molar-refractivity contribution in [3.8, 4) is 39.6 Å². The molecule has 3 heterocycles. The Morgan fingerprint density at radius 3 is 1.83 bits per heavy atom. The molecule has 0 saturated heterocycles. The van der Waals surface area contributed by atoms with E-state index in [1.807, 2.05) is 24.3 Å². The van der Waals surface area contributed by atoms with Crippen LogP contribution in [0.3, 0.4) is 0 Å². The van der Waals surface area contributed by atoms with Crippen LogP contribution in [0.1, 0.15) is 11.1 Å². The molecule has 0 amide bonds. The van der Waals surface area contributed by atoms with Crippen molar-refractivity contribution in [2.45, 2.75) is 0 Å². The van der Waals surface area contributed by atoms with Crippen LogP contribution in [-0.2, 0) is 0 Å². The molecule has 52 heavy (non-hydrogen) atoms. The van der Waals surface area contributed by atoms with E-state index >= 15 is 0 Å². The number of aromatic nitrogens is 3. The molecule has 0 saturated carbocycles. The van der Waals surface area contributed by atoms with Crippen molar-refractivity contribution in [3.63, 3.8) is 0 Å². The van der Waals surface area contributed by atoms with Gasteiger partial charge in [0.15, 0.2) is 5.82 Å². The van der Waals surface area contributed by atoms with E-state index in [0.29, 0.717) is 5.82 Å². The number of rotatable bonds is 5. The van der Waals surface area contributed by atoms with E-state index in [1.165, 1.54) is 33.2 Å². The largest absolute Gasteiger partial charge is 0.309 e. The minimum Gasteiger partial charge on any atom is -0.309 e. The first-order chi connectivity index (χ1) is 25.8. The van der Waals surface area contributed by atoms with Crippen LogP contribution in [0.25, 0.3) is 73.5 Å². The van der Waals surface area contributed by atoms with E-state index in [1.54, 1.807) is 0 Å². The highest BCUT2D eigenvalue weighted by molar-refractivity contribution is 6.10. The Labute approximate surface area is 302 Å². The average molecular weight is 665 g/mol. The van der Waals surface area contributed by atoms with Crippen LogP contribution in [0.15, 0.2) is 182 Å². The van der Waals surface area contributed by atoms with Gasteiger partial charge in [0.05, 0.1) is 28.1 Å². The van der Waals surface area contributed by atoms with Gasteiger partial charge >= 0.3 is 0 Å². The molecule has 0 spiro atoms. The van der Waals surface area contributed by atoms with Gasteiger partial charge in [0, 0.05) is 33.7 Å². The number of hydrogen-bond acceptors (Lipinski definition) is 3. The summed E-state index contributed by atoms with van der Waals surface area (Å²) in [4.78, 5) is 12.6. The molecule has 0 fully saturated rings. The van der Waals surface area contributed by atoms with Crippen LogP contribution < -0.4 is 4.90 Å². The molecule has 0 radical (unpaired) electrons. The molecular weight excluding hydrogens is 633 g/mol. The molecule has 0 aliphatic carbocycles. The van der Waals surface area contributed by atoms with Gasteiger partial charge in [-0.15, -0.1) is 0 Å². The van der Waals surface area contributed by atoms with Gasteiger partial charge in [-0.25, -0.2) is 9.97 Å². The molecule has 0 bridgehead atoms. The molecule has 9 aromatic rings. The summed E-state index contributed by atoms with van der Waals surface area (Å²) in [5.41, 5.74) is 13.3. The van der Waals surface area contributed by atoms with Gasteiger partial charge in [0.25, 0.3) is 0 Å². The summed E-state index contributed by atoms with van der Waals surface area (Å²) in [6, 6.07) is 64.1. The lowest BCUT2D eigenvalue weighted by molar-refractivity contribution is 1.05. The first-order valence-electron chi connectivity index (χ1n) is 17.6. The van der Waals surface area contributed by atoms with Gasteiger partial charge in [0.2, 0.25) is 0 Å². The van der Waals surface area contributed by atoms with E-state index < -0.39 is 0 Å². The smallest absolute Gasteiger partial charge is 0.162 e. The molecule has 1 aliphatic heterocycles. The van der Waals surface area contributed by atoms with E-state index in [4.69, 9.17) is 9.97 Å². The maximum Gasteiger partial charge on any atom is 0.162 e. The zero-order chi connectivity index (χ0) is 34.4. The Hall–Kier alpha value is -7.04. The van der Waals surface area contributed by atoms with Crippen molar-refractivity contribution in [1.82, 2.24) is 14.5 Å². The predicted octanol–water partition coefficient (Wildman–Crippen LogP) is 12.5. The lowest BCUT2D eigenvalue weighted by atomic mass is 9.99. The molecule has 0 atom stereocenters. The third kappa shape index (κ3) is 5.09. The van der Waals surface area contributed by atoms with Gasteiger partial charge < -0.3 is 4.90 Å². The molecule has 4 heteroatoms. The molecule has 10 rings (SSSR count). The number of anilines is 3. The van der Waals surface area contributed by atoms with E-state index in [0.717, 1.165) is 50.6 Å². The predicted molar refractivity (Wildman–Crippen MR) is 216 cm³/mol. The van der Waals surface area contributed by atoms with Crippen LogP contribution in [0.2, 0.25) is 0 Å². The summed E-state index contributed by atoms with van der Waals surface area (Å²) >= 11 is 0. The highest BCUT2D eigenvalue weighted by atomic mass is 15.1. The standard InChI is InChI=1S/C48H32N4/c1-4-14-33(15-5-1)42-32-47(50-48(49-42)35-17-6-2-7-18-35)52-45-23-13-11-21-40(45)41-31-37(27-29-46(41)52)36-26-28-44-38(30-36)25-24-34-16-10-12-22-43(34)51(44)39-19-8-3-9-20-39/h1-32H. The number of hydrogen-bond donors (Lipinski definition) is 0. The fourth-order valence-corrected chi connectivity index (χ4v) is 7.49. The van der Waals surface area contributed by atoms with Crippen LogP contribution in [0.5, 0.6) is 0 Å². The quantitative estimate of drug-likeness (QED) is 0.184. The number of para-hydroxylation sites is 3. The molecule has 244 valence electrons. The average Bonchev–Trinajstić information content (AvgIpc) is 3.45. The first kappa shape index (κ1) is 29.8. The number of benzene rings is 7. The fourth-order valence-electron chi connectivity index (χ4n) is 7.49. The monoisotopic (exact) mass is 664 g/mol. The summed E-state index contributed by atoms with van der Waals surface area (Å²) in [5.74, 6) is 1.53. The molecule has 2 aromatic heterocycles. The van der Waals surface area contributed by atoms with Crippen LogP contribution in [0, 0.1) is 0 Å². The molecule has 4 nitrogen and oxygen atoms in total. The van der Waals surface area contributed by atoms with Crippen LogP contribution in [0.4, 0.5) is 17.1 Å². The van der Waals surface area contributed by atoms with Crippen molar-refractivity contribution < 1.29 is 0 Å². The fraction of sp³-hybridized carbons (Fsp3) is 0. The molecule has 0 unspecified atom stereocenters. The first-order valence-corrected chi connectivity index (χ1v) is 17.6. The van der Waals surface area contributed by atoms with Crippen molar-refractivity contribution >= 4 is 51.0 Å². The van der Waals surface area contributed by atoms with Crippen LogP contribution in [-0.4, -0.2) is 14.5 Å². The van der Waals surface area contributed by atoms with E-state index in [2.05, 4.69) is 179 Å². The van der Waals surface area contributed by atoms with Crippen molar-refractivity contribution in [2.24, 2.45) is 0 Å². The van der Waals surface area contributed by atoms with Crippen molar-refractivity contribution in [1.29, 1.82) is 0 Å². The molecule has 0 N–H and O–H groups in total. The number of fused-ring (bicyclic) bond motifs is 5. The van der Waals surface area contributed by atoms with Gasteiger partial charge in [0.1, 0.15) is 5.82 Å². The third-order valence-electron chi connectivity index (χ3n) is 9.95. The minimum absolute atomic E-state index is 0.698. The lowest BCUT2D eigenvalue weighted by Crippen LogP contribution is -2.11. The third-order valence-corrected chi connectivity index (χ3v) is 9.95. The highest BCUT2D eigenvalue weighted by Gasteiger charge is 2.21. The summed E-state index contributed by atoms with van der Waals surface area (Å²) in [5, 5.41) is 2.36. The Balaban J connectivity index is 1.13. The zero-order valence-electron chi connectivity index (χ0n) is 28.3. The summed E-state index contributed by atoms with van der Waals surface area (Å²) in [7, 11) is 0. The summed E-state index contributed by atoms with van der Waals surface area (Å²) in [6.07, 6.45) is 4.47. The normalized spacial score (nSPS) is 12.1. The minimum atomic E-state index is 0.698. The maximum absolute atomic E-state index is 5.20. The van der Waals surface area contributed by atoms with Gasteiger partial charge in [-0.3, -0.25) is 4.57 Å². The van der Waals surface area contributed by atoms with Crippen LogP contribution >= 0.6 is 0 Å². The second kappa shape index (κ2) is 12.4. The van der Waals surface area contributed by atoms with E-state index in [-0.39, 0.29) is 0 Å². The van der Waals surface area contributed by atoms with Crippen molar-refractivity contribution in [3.05, 3.63) is 193 Å². The topological polar surface area (TPSA) is 34.0 Å². The van der Waals surface area contributed by atoms with Gasteiger partial charge in [-0.05, 0) is 70.8 Å². The second-order valence-corrected chi connectivity index (χ2v) is 13.1. The molecule has 1 aliphatic rings. The summed E-state index contributed by atoms with van der Waals surface area (Å²) in [6.45, 7) is 0. The zero-order valence-corrected chi connectivity index (χ0v) is 28.3. The lowest BCUT2D eigenvalue weighted by Gasteiger charge is -2.27. The number of nitrogens with zero attached hydrogens (tertiary/aromatic N) is 4. The van der Waals surface area contributed by atoms with Crippen molar-refractivity contribution in [2.75, 3.05) is 4.90 Å². The summed E-state index contributed by atoms with van der Waals surface area (Å²) < 4.78 is 2.28. The Bertz CT molecular complexity index is 2730. The molecular formula is C48H32N4. The second-order valence-electron chi connectivity index (χ2n) is 13.1. The van der Waals surface area contributed by atoms with E-state index in [9.17, 15) is 0 Å². The Morgan fingerprint density at radius 1 is 0.385 bits per heavy atom. The Morgan fingerprint density at radius 2 is 1.00 bits per heavy atom. The SMILES string of the molecule is C1=Cc2cc(-c3ccc4c(c3)c3ccccc3n4-c3cc(-c4ccccc4)nc(-c4ccccc4)n3)ccc2N(c2ccccc2)c2ccccc21. The van der Waals surface area contributed by atoms with Gasteiger partial charge in [-0.2, -0.15) is 0 Å². The maximum atomic E-state index is 5.20.